The highest BCUT2D eigenvalue weighted by molar-refractivity contribution is 6.00. The lowest BCUT2D eigenvalue weighted by atomic mass is 9.99. The quantitative estimate of drug-likeness (QED) is 0.459. The third-order valence-electron chi connectivity index (χ3n) is 4.89. The van der Waals surface area contributed by atoms with Crippen molar-refractivity contribution in [3.05, 3.63) is 88.7 Å². The monoisotopic (exact) mass is 376 g/mol. The van der Waals surface area contributed by atoms with Gasteiger partial charge in [-0.1, -0.05) is 60.7 Å². The molecule has 1 atom stereocenters. The van der Waals surface area contributed by atoms with Crippen molar-refractivity contribution in [1.82, 2.24) is 9.78 Å². The Kier molecular flexibility index (Phi) is 6.04. The maximum atomic E-state index is 13.0. The van der Waals surface area contributed by atoms with E-state index >= 15 is 0 Å². The van der Waals surface area contributed by atoms with Crippen molar-refractivity contribution < 1.29 is 14.3 Å². The van der Waals surface area contributed by atoms with Crippen molar-refractivity contribution in [3.8, 4) is 0 Å². The van der Waals surface area contributed by atoms with Crippen LogP contribution in [0.25, 0.3) is 0 Å². The van der Waals surface area contributed by atoms with Crippen LogP contribution < -0.4 is 0 Å². The fourth-order valence-electron chi connectivity index (χ4n) is 3.25. The summed E-state index contributed by atoms with van der Waals surface area (Å²) < 4.78 is 7.45. The molecule has 0 saturated carbocycles. The molecule has 0 radical (unpaired) electrons. The molecule has 0 amide bonds. The molecule has 1 heterocycles. The molecule has 28 heavy (non-hydrogen) atoms. The van der Waals surface area contributed by atoms with Gasteiger partial charge in [-0.05, 0) is 25.8 Å². The summed E-state index contributed by atoms with van der Waals surface area (Å²) in [6, 6.07) is 18.0. The Morgan fingerprint density at radius 3 is 2.18 bits per heavy atom. The van der Waals surface area contributed by atoms with Gasteiger partial charge in [0, 0.05) is 30.3 Å². The predicted molar refractivity (Wildman–Crippen MR) is 107 cm³/mol. The highest BCUT2D eigenvalue weighted by atomic mass is 16.5. The van der Waals surface area contributed by atoms with Crippen molar-refractivity contribution in [2.75, 3.05) is 0 Å². The Morgan fingerprint density at radius 1 is 1.00 bits per heavy atom. The van der Waals surface area contributed by atoms with E-state index in [9.17, 15) is 9.59 Å². The lowest BCUT2D eigenvalue weighted by Crippen LogP contribution is -2.20. The molecular weight excluding hydrogens is 352 g/mol. The van der Waals surface area contributed by atoms with Crippen LogP contribution in [0.3, 0.4) is 0 Å². The number of hydrogen-bond donors (Lipinski definition) is 0. The van der Waals surface area contributed by atoms with Crippen LogP contribution in [-0.4, -0.2) is 21.5 Å². The number of nitrogens with zero attached hydrogens (tertiary/aromatic N) is 2. The molecule has 0 aliphatic carbocycles. The largest absolute Gasteiger partial charge is 0.449 e. The number of ether oxygens (including phenoxy) is 1. The van der Waals surface area contributed by atoms with E-state index in [1.165, 1.54) is 0 Å². The second-order valence-electron chi connectivity index (χ2n) is 6.78. The molecule has 2 aromatic carbocycles. The number of ketones is 1. The standard InChI is InChI=1S/C23H24N2O3/c1-16-20(17(2)25(3)24-16)14-15-21(26)28-23(19-12-8-5-9-13-19)22(27)18-10-6-4-7-11-18/h4-13,23H,14-15H2,1-3H3. The second kappa shape index (κ2) is 8.65. The van der Waals surface area contributed by atoms with Gasteiger partial charge in [0.25, 0.3) is 0 Å². The number of aromatic nitrogens is 2. The predicted octanol–water partition coefficient (Wildman–Crippen LogP) is 4.14. The number of Topliss-reactive ketones (excluding diaryl/α,β-unsaturated/α-hetero) is 1. The molecule has 3 rings (SSSR count). The van der Waals surface area contributed by atoms with E-state index in [4.69, 9.17) is 4.74 Å². The lowest BCUT2D eigenvalue weighted by Gasteiger charge is -2.17. The molecule has 0 saturated heterocycles. The first-order valence-corrected chi connectivity index (χ1v) is 9.30. The number of carbonyl (C=O) groups is 2. The number of hydrogen-bond acceptors (Lipinski definition) is 4. The summed E-state index contributed by atoms with van der Waals surface area (Å²) >= 11 is 0. The third-order valence-corrected chi connectivity index (χ3v) is 4.89. The first-order chi connectivity index (χ1) is 13.5. The average molecular weight is 376 g/mol. The Balaban J connectivity index is 1.76. The Hall–Kier alpha value is -3.21. The van der Waals surface area contributed by atoms with E-state index in [1.54, 1.807) is 36.4 Å². The van der Waals surface area contributed by atoms with Crippen LogP contribution in [0.1, 0.15) is 45.4 Å². The van der Waals surface area contributed by atoms with Gasteiger partial charge in [-0.3, -0.25) is 14.3 Å². The van der Waals surface area contributed by atoms with Gasteiger partial charge in [0.1, 0.15) is 0 Å². The zero-order valence-corrected chi connectivity index (χ0v) is 16.4. The SMILES string of the molecule is Cc1nn(C)c(C)c1CCC(=O)OC(C(=O)c1ccccc1)c1ccccc1. The van der Waals surface area contributed by atoms with Gasteiger partial charge in [0.05, 0.1) is 5.69 Å². The Bertz CT molecular complexity index is 962. The van der Waals surface area contributed by atoms with E-state index in [0.717, 1.165) is 17.0 Å². The maximum Gasteiger partial charge on any atom is 0.307 e. The fraction of sp³-hybridized carbons (Fsp3) is 0.261. The molecule has 1 aromatic heterocycles. The normalized spacial score (nSPS) is 11.8. The number of rotatable bonds is 7. The number of benzene rings is 2. The summed E-state index contributed by atoms with van der Waals surface area (Å²) in [5, 5.41) is 4.38. The van der Waals surface area contributed by atoms with Gasteiger partial charge in [0.15, 0.2) is 6.10 Å². The topological polar surface area (TPSA) is 61.2 Å². The number of carbonyl (C=O) groups excluding carboxylic acids is 2. The van der Waals surface area contributed by atoms with Crippen LogP contribution in [0, 0.1) is 13.8 Å². The van der Waals surface area contributed by atoms with Crippen LogP contribution in [0.15, 0.2) is 60.7 Å². The van der Waals surface area contributed by atoms with Gasteiger partial charge in [-0.2, -0.15) is 5.10 Å². The van der Waals surface area contributed by atoms with Crippen molar-refractivity contribution in [1.29, 1.82) is 0 Å². The summed E-state index contributed by atoms with van der Waals surface area (Å²) in [6.07, 6.45) is -0.225. The van der Waals surface area contributed by atoms with Gasteiger partial charge < -0.3 is 4.74 Å². The third kappa shape index (κ3) is 4.36. The minimum atomic E-state index is -0.952. The highest BCUT2D eigenvalue weighted by Crippen LogP contribution is 2.24. The summed E-state index contributed by atoms with van der Waals surface area (Å²) in [7, 11) is 1.88. The zero-order valence-electron chi connectivity index (χ0n) is 16.4. The molecule has 0 spiro atoms. The molecule has 3 aromatic rings. The van der Waals surface area contributed by atoms with Crippen LogP contribution in [0.2, 0.25) is 0 Å². The summed E-state index contributed by atoms with van der Waals surface area (Å²) in [5.41, 5.74) is 4.17. The van der Waals surface area contributed by atoms with E-state index in [1.807, 2.05) is 49.8 Å². The molecule has 1 unspecified atom stereocenters. The summed E-state index contributed by atoms with van der Waals surface area (Å²) in [4.78, 5) is 25.5. The molecule has 0 aliphatic rings. The fourth-order valence-corrected chi connectivity index (χ4v) is 3.25. The van der Waals surface area contributed by atoms with Gasteiger partial charge in [-0.15, -0.1) is 0 Å². The van der Waals surface area contributed by atoms with Crippen LogP contribution in [0.4, 0.5) is 0 Å². The molecule has 0 bridgehead atoms. The van der Waals surface area contributed by atoms with Crippen LogP contribution in [-0.2, 0) is 23.0 Å². The first-order valence-electron chi connectivity index (χ1n) is 9.30. The summed E-state index contributed by atoms with van der Waals surface area (Å²) in [5.74, 6) is -0.630. The van der Waals surface area contributed by atoms with Crippen LogP contribution >= 0.6 is 0 Å². The van der Waals surface area contributed by atoms with E-state index in [2.05, 4.69) is 5.10 Å². The number of esters is 1. The first kappa shape index (κ1) is 19.5. The molecule has 0 N–H and O–H groups in total. The smallest absolute Gasteiger partial charge is 0.307 e. The maximum absolute atomic E-state index is 13.0. The summed E-state index contributed by atoms with van der Waals surface area (Å²) in [6.45, 7) is 3.91. The minimum absolute atomic E-state index is 0.193. The Morgan fingerprint density at radius 2 is 1.61 bits per heavy atom. The van der Waals surface area contributed by atoms with Crippen LogP contribution in [0.5, 0.6) is 0 Å². The molecule has 144 valence electrons. The van der Waals surface area contributed by atoms with E-state index < -0.39 is 12.1 Å². The van der Waals surface area contributed by atoms with Gasteiger partial charge in [-0.25, -0.2) is 0 Å². The number of aryl methyl sites for hydroxylation is 2. The molecule has 5 nitrogen and oxygen atoms in total. The minimum Gasteiger partial charge on any atom is -0.449 e. The van der Waals surface area contributed by atoms with Crippen molar-refractivity contribution >= 4 is 11.8 Å². The van der Waals surface area contributed by atoms with Gasteiger partial charge in [0.2, 0.25) is 5.78 Å². The van der Waals surface area contributed by atoms with Crippen molar-refractivity contribution in [3.63, 3.8) is 0 Å². The average Bonchev–Trinajstić information content (AvgIpc) is 2.96. The highest BCUT2D eigenvalue weighted by Gasteiger charge is 2.26. The van der Waals surface area contributed by atoms with E-state index in [0.29, 0.717) is 17.5 Å². The van der Waals surface area contributed by atoms with Crippen molar-refractivity contribution in [2.24, 2.45) is 7.05 Å². The zero-order chi connectivity index (χ0) is 20.1. The molecule has 5 heteroatoms. The van der Waals surface area contributed by atoms with Crippen molar-refractivity contribution in [2.45, 2.75) is 32.8 Å². The Labute approximate surface area is 165 Å². The molecule has 0 fully saturated rings. The lowest BCUT2D eigenvalue weighted by molar-refractivity contribution is -0.147. The van der Waals surface area contributed by atoms with E-state index in [-0.39, 0.29) is 12.2 Å². The molecule has 0 aliphatic heterocycles. The van der Waals surface area contributed by atoms with Gasteiger partial charge >= 0.3 is 5.97 Å². The second-order valence-corrected chi connectivity index (χ2v) is 6.78. The molecular formula is C23H24N2O3.